The van der Waals surface area contributed by atoms with Crippen LogP contribution in [0.5, 0.6) is 5.75 Å². The highest BCUT2D eigenvalue weighted by Crippen LogP contribution is 2.26. The molecule has 1 aromatic carbocycles. The van der Waals surface area contributed by atoms with Crippen LogP contribution in [0.4, 0.5) is 13.2 Å². The molecule has 0 unspecified atom stereocenters. The lowest BCUT2D eigenvalue weighted by molar-refractivity contribution is -0.274. The van der Waals surface area contributed by atoms with E-state index in [4.69, 9.17) is 0 Å². The van der Waals surface area contributed by atoms with E-state index in [-0.39, 0.29) is 17.0 Å². The number of benzene rings is 1. The molecule has 1 aliphatic heterocycles. The SMILES string of the molecule is O=c1c(S(=O)(=O)N2CCCC2)cccn1Cc1ccccc1OC(F)(F)F. The number of nitrogens with zero attached hydrogens (tertiary/aromatic N) is 2. The fourth-order valence-electron chi connectivity index (χ4n) is 2.95. The number of rotatable bonds is 5. The molecule has 0 radical (unpaired) electrons. The summed E-state index contributed by atoms with van der Waals surface area (Å²) >= 11 is 0. The molecule has 2 aromatic rings. The molecule has 1 aromatic heterocycles. The number of hydrogen-bond donors (Lipinski definition) is 0. The third-order valence-corrected chi connectivity index (χ3v) is 6.12. The molecule has 1 saturated heterocycles. The number of pyridine rings is 1. The fourth-order valence-corrected chi connectivity index (χ4v) is 4.55. The Hall–Kier alpha value is -2.33. The minimum atomic E-state index is -4.87. The zero-order valence-electron chi connectivity index (χ0n) is 14.1. The van der Waals surface area contributed by atoms with Gasteiger partial charge in [0.2, 0.25) is 10.0 Å². The van der Waals surface area contributed by atoms with Gasteiger partial charge in [-0.2, -0.15) is 4.31 Å². The molecule has 27 heavy (non-hydrogen) atoms. The lowest BCUT2D eigenvalue weighted by Gasteiger charge is -2.17. The van der Waals surface area contributed by atoms with Crippen LogP contribution in [-0.4, -0.2) is 36.7 Å². The van der Waals surface area contributed by atoms with Crippen LogP contribution in [-0.2, 0) is 16.6 Å². The summed E-state index contributed by atoms with van der Waals surface area (Å²) in [6.45, 7) is 0.437. The lowest BCUT2D eigenvalue weighted by atomic mass is 10.2. The molecule has 0 bridgehead atoms. The van der Waals surface area contributed by atoms with E-state index in [0.29, 0.717) is 13.1 Å². The first-order valence-corrected chi connectivity index (χ1v) is 9.66. The van der Waals surface area contributed by atoms with Gasteiger partial charge in [-0.15, -0.1) is 13.2 Å². The van der Waals surface area contributed by atoms with E-state index in [1.54, 1.807) is 0 Å². The van der Waals surface area contributed by atoms with Gasteiger partial charge in [0.25, 0.3) is 5.56 Å². The van der Waals surface area contributed by atoms with E-state index < -0.39 is 27.7 Å². The second-order valence-corrected chi connectivity index (χ2v) is 7.98. The molecule has 6 nitrogen and oxygen atoms in total. The molecule has 0 atom stereocenters. The molecule has 0 N–H and O–H groups in total. The van der Waals surface area contributed by atoms with Crippen molar-refractivity contribution >= 4 is 10.0 Å². The topological polar surface area (TPSA) is 68.6 Å². The Morgan fingerprint density at radius 1 is 1.04 bits per heavy atom. The molecular formula is C17H17F3N2O4S. The van der Waals surface area contributed by atoms with Gasteiger partial charge in [-0.05, 0) is 31.0 Å². The highest BCUT2D eigenvalue weighted by molar-refractivity contribution is 7.89. The normalized spacial score (nSPS) is 15.8. The van der Waals surface area contributed by atoms with Crippen LogP contribution in [0.3, 0.4) is 0 Å². The second kappa shape index (κ2) is 7.35. The molecular weight excluding hydrogens is 385 g/mol. The van der Waals surface area contributed by atoms with Crippen LogP contribution in [0.2, 0.25) is 0 Å². The van der Waals surface area contributed by atoms with Crippen molar-refractivity contribution in [1.29, 1.82) is 0 Å². The van der Waals surface area contributed by atoms with Crippen molar-refractivity contribution in [1.82, 2.24) is 8.87 Å². The van der Waals surface area contributed by atoms with Crippen LogP contribution in [0.15, 0.2) is 52.3 Å². The number of aromatic nitrogens is 1. The fraction of sp³-hybridized carbons (Fsp3) is 0.353. The molecule has 0 spiro atoms. The van der Waals surface area contributed by atoms with Crippen molar-refractivity contribution in [2.45, 2.75) is 30.6 Å². The Bertz CT molecular complexity index is 980. The summed E-state index contributed by atoms with van der Waals surface area (Å²) in [5, 5.41) is 0. The average molecular weight is 402 g/mol. The molecule has 146 valence electrons. The molecule has 10 heteroatoms. The van der Waals surface area contributed by atoms with Gasteiger partial charge in [-0.3, -0.25) is 4.79 Å². The van der Waals surface area contributed by atoms with Crippen molar-refractivity contribution in [3.63, 3.8) is 0 Å². The third-order valence-electron chi connectivity index (χ3n) is 4.21. The van der Waals surface area contributed by atoms with Crippen molar-refractivity contribution in [2.24, 2.45) is 0 Å². The van der Waals surface area contributed by atoms with Gasteiger partial charge in [-0.25, -0.2) is 8.42 Å². The van der Waals surface area contributed by atoms with E-state index >= 15 is 0 Å². The Morgan fingerprint density at radius 3 is 2.37 bits per heavy atom. The monoisotopic (exact) mass is 402 g/mol. The summed E-state index contributed by atoms with van der Waals surface area (Å²) in [5.41, 5.74) is -0.682. The van der Waals surface area contributed by atoms with E-state index in [1.807, 2.05) is 0 Å². The first-order chi connectivity index (χ1) is 12.7. The van der Waals surface area contributed by atoms with Crippen LogP contribution >= 0.6 is 0 Å². The van der Waals surface area contributed by atoms with E-state index in [2.05, 4.69) is 4.74 Å². The number of sulfonamides is 1. The minimum absolute atomic E-state index is 0.104. The lowest BCUT2D eigenvalue weighted by Crippen LogP contribution is -2.34. The molecule has 1 aliphatic rings. The Labute approximate surface area is 153 Å². The largest absolute Gasteiger partial charge is 0.573 e. The predicted octanol–water partition coefficient (Wildman–Crippen LogP) is 2.58. The first kappa shape index (κ1) is 19.4. The van der Waals surface area contributed by atoms with Gasteiger partial charge in [0.05, 0.1) is 6.54 Å². The number of para-hydroxylation sites is 1. The minimum Gasteiger partial charge on any atom is -0.405 e. The van der Waals surface area contributed by atoms with Crippen LogP contribution in [0.25, 0.3) is 0 Å². The number of alkyl halides is 3. The van der Waals surface area contributed by atoms with E-state index in [0.717, 1.165) is 23.5 Å². The van der Waals surface area contributed by atoms with Gasteiger partial charge in [-0.1, -0.05) is 18.2 Å². The van der Waals surface area contributed by atoms with E-state index in [9.17, 15) is 26.4 Å². The highest BCUT2D eigenvalue weighted by Gasteiger charge is 2.32. The molecule has 1 fully saturated rings. The maximum Gasteiger partial charge on any atom is 0.573 e. The summed E-state index contributed by atoms with van der Waals surface area (Å²) in [6, 6.07) is 8.01. The zero-order valence-corrected chi connectivity index (χ0v) is 15.0. The second-order valence-electron chi connectivity index (χ2n) is 6.07. The molecule has 0 saturated carbocycles. The van der Waals surface area contributed by atoms with Crippen LogP contribution < -0.4 is 10.3 Å². The highest BCUT2D eigenvalue weighted by atomic mass is 32.2. The number of halogens is 3. The zero-order chi connectivity index (χ0) is 19.7. The molecule has 3 rings (SSSR count). The summed E-state index contributed by atoms with van der Waals surface area (Å²) in [7, 11) is -3.93. The summed E-state index contributed by atoms with van der Waals surface area (Å²) in [6.07, 6.45) is -2.09. The van der Waals surface area contributed by atoms with Gasteiger partial charge in [0.1, 0.15) is 10.6 Å². The molecule has 0 aliphatic carbocycles. The smallest absolute Gasteiger partial charge is 0.405 e. The standard InChI is InChI=1S/C17H17F3N2O4S/c18-17(19,20)26-14-7-2-1-6-13(14)12-21-9-5-8-15(16(21)23)27(24,25)22-10-3-4-11-22/h1-2,5-9H,3-4,10-12H2. The summed E-state index contributed by atoms with van der Waals surface area (Å²) in [5.74, 6) is -0.440. The Kier molecular flexibility index (Phi) is 5.29. The van der Waals surface area contributed by atoms with Gasteiger partial charge in [0.15, 0.2) is 0 Å². The number of hydrogen-bond acceptors (Lipinski definition) is 4. The molecule has 2 heterocycles. The van der Waals surface area contributed by atoms with Crippen molar-refractivity contribution in [2.75, 3.05) is 13.1 Å². The van der Waals surface area contributed by atoms with Crippen molar-refractivity contribution < 1.29 is 26.3 Å². The van der Waals surface area contributed by atoms with Gasteiger partial charge >= 0.3 is 6.36 Å². The average Bonchev–Trinajstić information content (AvgIpc) is 3.12. The number of ether oxygens (including phenoxy) is 1. The van der Waals surface area contributed by atoms with Crippen LogP contribution in [0.1, 0.15) is 18.4 Å². The maximum atomic E-state index is 12.7. The Balaban J connectivity index is 1.95. The summed E-state index contributed by atoms with van der Waals surface area (Å²) in [4.78, 5) is 12.3. The maximum absolute atomic E-state index is 12.7. The summed E-state index contributed by atoms with van der Waals surface area (Å²) < 4.78 is 69.3. The van der Waals surface area contributed by atoms with Crippen molar-refractivity contribution in [3.05, 3.63) is 58.5 Å². The van der Waals surface area contributed by atoms with Gasteiger partial charge in [0, 0.05) is 24.8 Å². The quantitative estimate of drug-likeness (QED) is 0.771. The van der Waals surface area contributed by atoms with Gasteiger partial charge < -0.3 is 9.30 Å². The molecule has 0 amide bonds. The Morgan fingerprint density at radius 2 is 1.70 bits per heavy atom. The van der Waals surface area contributed by atoms with Crippen molar-refractivity contribution in [3.8, 4) is 5.75 Å². The third kappa shape index (κ3) is 4.33. The van der Waals surface area contributed by atoms with E-state index in [1.165, 1.54) is 40.8 Å². The van der Waals surface area contributed by atoms with Crippen LogP contribution in [0, 0.1) is 0 Å². The first-order valence-electron chi connectivity index (χ1n) is 8.22. The predicted molar refractivity (Wildman–Crippen MR) is 90.9 cm³/mol.